The highest BCUT2D eigenvalue weighted by molar-refractivity contribution is 7.98. The van der Waals surface area contributed by atoms with Gasteiger partial charge in [-0.15, -0.1) is 0 Å². The van der Waals surface area contributed by atoms with E-state index in [1.165, 1.54) is 11.8 Å². The van der Waals surface area contributed by atoms with E-state index in [1.54, 1.807) is 6.07 Å². The lowest BCUT2D eigenvalue weighted by atomic mass is 10.1. The highest BCUT2D eigenvalue weighted by Gasteiger charge is 2.01. The van der Waals surface area contributed by atoms with E-state index in [0.29, 0.717) is 17.1 Å². The Morgan fingerprint density at radius 2 is 2.20 bits per heavy atom. The summed E-state index contributed by atoms with van der Waals surface area (Å²) in [6.07, 6.45) is 0.166. The topological polar surface area (TPSA) is 61.1 Å². The number of rotatable bonds is 5. The Balaban J connectivity index is 2.44. The Bertz CT molecular complexity index is 384. The molecule has 0 aliphatic rings. The summed E-state index contributed by atoms with van der Waals surface area (Å²) in [5.41, 5.74) is 1.63. The molecule has 0 aliphatic heterocycles. The van der Waals surface area contributed by atoms with Gasteiger partial charge < -0.3 is 5.11 Å². The van der Waals surface area contributed by atoms with Crippen molar-refractivity contribution >= 4 is 17.7 Å². The SMILES string of the molecule is N#Cc1ccccc1CSCCC(=O)O. The van der Waals surface area contributed by atoms with Crippen LogP contribution in [0.3, 0.4) is 0 Å². The normalized spacial score (nSPS) is 9.53. The van der Waals surface area contributed by atoms with Crippen molar-refractivity contribution in [1.82, 2.24) is 0 Å². The van der Waals surface area contributed by atoms with Crippen molar-refractivity contribution < 1.29 is 9.90 Å². The Kier molecular flexibility index (Phi) is 4.72. The molecule has 0 radical (unpaired) electrons. The molecule has 78 valence electrons. The Morgan fingerprint density at radius 1 is 1.47 bits per heavy atom. The molecule has 0 spiro atoms. The Morgan fingerprint density at radius 3 is 2.87 bits per heavy atom. The van der Waals surface area contributed by atoms with Gasteiger partial charge in [0.25, 0.3) is 0 Å². The van der Waals surface area contributed by atoms with E-state index < -0.39 is 5.97 Å². The molecule has 0 unspecified atom stereocenters. The van der Waals surface area contributed by atoms with E-state index in [0.717, 1.165) is 5.56 Å². The van der Waals surface area contributed by atoms with E-state index >= 15 is 0 Å². The summed E-state index contributed by atoms with van der Waals surface area (Å²) in [7, 11) is 0. The quantitative estimate of drug-likeness (QED) is 0.775. The second-order valence-electron chi connectivity index (χ2n) is 2.97. The molecule has 0 saturated carbocycles. The maximum absolute atomic E-state index is 10.3. The van der Waals surface area contributed by atoms with Crippen LogP contribution in [0.15, 0.2) is 24.3 Å². The summed E-state index contributed by atoms with van der Waals surface area (Å²) in [5.74, 6) is 0.489. The number of nitrogens with zero attached hydrogens (tertiary/aromatic N) is 1. The van der Waals surface area contributed by atoms with E-state index in [2.05, 4.69) is 6.07 Å². The van der Waals surface area contributed by atoms with Crippen molar-refractivity contribution in [1.29, 1.82) is 5.26 Å². The molecular weight excluding hydrogens is 210 g/mol. The average Bonchev–Trinajstić information content (AvgIpc) is 2.24. The van der Waals surface area contributed by atoms with Crippen molar-refractivity contribution in [3.8, 4) is 6.07 Å². The summed E-state index contributed by atoms with van der Waals surface area (Å²) in [6.45, 7) is 0. The van der Waals surface area contributed by atoms with Crippen molar-refractivity contribution in [3.05, 3.63) is 35.4 Å². The number of benzene rings is 1. The second-order valence-corrected chi connectivity index (χ2v) is 4.07. The zero-order chi connectivity index (χ0) is 11.1. The van der Waals surface area contributed by atoms with Crippen LogP contribution in [0.5, 0.6) is 0 Å². The summed E-state index contributed by atoms with van der Waals surface area (Å²) in [6, 6.07) is 9.49. The zero-order valence-corrected chi connectivity index (χ0v) is 8.96. The number of thioether (sulfide) groups is 1. The monoisotopic (exact) mass is 221 g/mol. The van der Waals surface area contributed by atoms with Gasteiger partial charge in [0, 0.05) is 11.5 Å². The molecule has 0 atom stereocenters. The molecule has 0 amide bonds. The number of hydrogen-bond acceptors (Lipinski definition) is 3. The van der Waals surface area contributed by atoms with Gasteiger partial charge >= 0.3 is 5.97 Å². The third kappa shape index (κ3) is 4.05. The summed E-state index contributed by atoms with van der Waals surface area (Å²) in [5, 5.41) is 17.3. The number of carboxylic acids is 1. The number of carbonyl (C=O) groups is 1. The third-order valence-corrected chi connectivity index (χ3v) is 2.86. The molecule has 1 rings (SSSR count). The number of aliphatic carboxylic acids is 1. The highest BCUT2D eigenvalue weighted by Crippen LogP contribution is 2.16. The molecule has 1 aromatic carbocycles. The minimum atomic E-state index is -0.781. The predicted molar refractivity (Wildman–Crippen MR) is 59.6 cm³/mol. The molecule has 0 fully saturated rings. The largest absolute Gasteiger partial charge is 0.481 e. The molecule has 0 saturated heterocycles. The summed E-state index contributed by atoms with van der Waals surface area (Å²) < 4.78 is 0. The van der Waals surface area contributed by atoms with Crippen LogP contribution in [0, 0.1) is 11.3 Å². The van der Waals surface area contributed by atoms with Gasteiger partial charge in [0.1, 0.15) is 0 Å². The van der Waals surface area contributed by atoms with Gasteiger partial charge in [0.05, 0.1) is 18.1 Å². The average molecular weight is 221 g/mol. The second kappa shape index (κ2) is 6.10. The predicted octanol–water partition coefficient (Wildman–Crippen LogP) is 2.27. The smallest absolute Gasteiger partial charge is 0.304 e. The van der Waals surface area contributed by atoms with Gasteiger partial charge in [-0.25, -0.2) is 0 Å². The van der Waals surface area contributed by atoms with Crippen LogP contribution in [0.4, 0.5) is 0 Å². The van der Waals surface area contributed by atoms with E-state index in [9.17, 15) is 4.79 Å². The first-order valence-electron chi connectivity index (χ1n) is 4.51. The zero-order valence-electron chi connectivity index (χ0n) is 8.14. The molecule has 3 nitrogen and oxygen atoms in total. The maximum Gasteiger partial charge on any atom is 0.304 e. The van der Waals surface area contributed by atoms with Crippen LogP contribution in [-0.4, -0.2) is 16.8 Å². The fraction of sp³-hybridized carbons (Fsp3) is 0.273. The van der Waals surface area contributed by atoms with Gasteiger partial charge in [-0.3, -0.25) is 4.79 Å². The molecule has 4 heteroatoms. The van der Waals surface area contributed by atoms with Crippen LogP contribution in [-0.2, 0) is 10.5 Å². The maximum atomic E-state index is 10.3. The first-order chi connectivity index (χ1) is 7.24. The first-order valence-corrected chi connectivity index (χ1v) is 5.67. The number of hydrogen-bond donors (Lipinski definition) is 1. The molecular formula is C11H11NO2S. The van der Waals surface area contributed by atoms with Crippen molar-refractivity contribution in [2.75, 3.05) is 5.75 Å². The first kappa shape index (κ1) is 11.6. The van der Waals surface area contributed by atoms with Gasteiger partial charge in [0.2, 0.25) is 0 Å². The van der Waals surface area contributed by atoms with Crippen molar-refractivity contribution in [2.24, 2.45) is 0 Å². The van der Waals surface area contributed by atoms with Crippen molar-refractivity contribution in [2.45, 2.75) is 12.2 Å². The number of carboxylic acid groups (broad SMARTS) is 1. The molecule has 1 N–H and O–H groups in total. The molecule has 0 aromatic heterocycles. The molecule has 0 aliphatic carbocycles. The van der Waals surface area contributed by atoms with Crippen LogP contribution in [0.1, 0.15) is 17.5 Å². The molecule has 1 aromatic rings. The summed E-state index contributed by atoms with van der Waals surface area (Å²) >= 11 is 1.53. The highest BCUT2D eigenvalue weighted by atomic mass is 32.2. The molecule has 15 heavy (non-hydrogen) atoms. The fourth-order valence-electron chi connectivity index (χ4n) is 1.10. The minimum Gasteiger partial charge on any atom is -0.481 e. The standard InChI is InChI=1S/C11H11NO2S/c12-7-9-3-1-2-4-10(9)8-15-6-5-11(13)14/h1-4H,5-6,8H2,(H,13,14). The van der Waals surface area contributed by atoms with E-state index in [-0.39, 0.29) is 6.42 Å². The van der Waals surface area contributed by atoms with Crippen LogP contribution < -0.4 is 0 Å². The van der Waals surface area contributed by atoms with E-state index in [1.807, 2.05) is 18.2 Å². The molecule has 0 bridgehead atoms. The van der Waals surface area contributed by atoms with Gasteiger partial charge in [0.15, 0.2) is 0 Å². The van der Waals surface area contributed by atoms with Gasteiger partial charge in [-0.2, -0.15) is 17.0 Å². The lowest BCUT2D eigenvalue weighted by Crippen LogP contribution is -1.96. The van der Waals surface area contributed by atoms with Crippen molar-refractivity contribution in [3.63, 3.8) is 0 Å². The number of nitriles is 1. The minimum absolute atomic E-state index is 0.166. The fourth-order valence-corrected chi connectivity index (χ4v) is 2.03. The Hall–Kier alpha value is -1.47. The van der Waals surface area contributed by atoms with Gasteiger partial charge in [-0.05, 0) is 11.6 Å². The lowest BCUT2D eigenvalue weighted by molar-refractivity contribution is -0.136. The van der Waals surface area contributed by atoms with Crippen LogP contribution >= 0.6 is 11.8 Å². The van der Waals surface area contributed by atoms with Crippen LogP contribution in [0.2, 0.25) is 0 Å². The summed E-state index contributed by atoms with van der Waals surface area (Å²) in [4.78, 5) is 10.3. The van der Waals surface area contributed by atoms with Crippen LogP contribution in [0.25, 0.3) is 0 Å². The third-order valence-electron chi connectivity index (χ3n) is 1.86. The van der Waals surface area contributed by atoms with E-state index in [4.69, 9.17) is 10.4 Å². The lowest BCUT2D eigenvalue weighted by Gasteiger charge is -2.02. The molecule has 0 heterocycles. The van der Waals surface area contributed by atoms with Gasteiger partial charge in [-0.1, -0.05) is 18.2 Å². The Labute approximate surface area is 92.7 Å².